The van der Waals surface area contributed by atoms with Gasteiger partial charge in [-0.25, -0.2) is 4.98 Å². The SMILES string of the molecule is CCCCc1cccc([SiH2]C(c2ccccc2)(c2ccccc2)n2ccnc2)c1.c1ccc(B(c2ccccc2)c2ccccc2)cc1. The summed E-state index contributed by atoms with van der Waals surface area (Å²) in [5.41, 5.74) is 8.11. The van der Waals surface area contributed by atoms with E-state index in [4.69, 9.17) is 0 Å². The molecule has 236 valence electrons. The molecular formula is C44H43BN2Si. The lowest BCUT2D eigenvalue weighted by Crippen LogP contribution is -2.51. The van der Waals surface area contributed by atoms with E-state index in [1.807, 2.05) is 12.5 Å². The lowest BCUT2D eigenvalue weighted by Gasteiger charge is -2.37. The average molecular weight is 639 g/mol. The van der Waals surface area contributed by atoms with Crippen LogP contribution in [-0.2, 0) is 11.6 Å². The van der Waals surface area contributed by atoms with Gasteiger partial charge in [-0.15, -0.1) is 0 Å². The van der Waals surface area contributed by atoms with Crippen molar-refractivity contribution in [2.24, 2.45) is 0 Å². The maximum Gasteiger partial charge on any atom is 0.241 e. The molecule has 0 radical (unpaired) electrons. The Balaban J connectivity index is 0.000000182. The van der Waals surface area contributed by atoms with Crippen LogP contribution in [0.4, 0.5) is 0 Å². The normalized spacial score (nSPS) is 11.2. The van der Waals surface area contributed by atoms with Gasteiger partial charge < -0.3 is 4.57 Å². The molecule has 0 aliphatic rings. The molecule has 7 aromatic rings. The molecule has 0 atom stereocenters. The Morgan fingerprint density at radius 3 is 1.50 bits per heavy atom. The van der Waals surface area contributed by atoms with Gasteiger partial charge in [0.15, 0.2) is 0 Å². The highest BCUT2D eigenvalue weighted by Crippen LogP contribution is 2.33. The predicted octanol–water partition coefficient (Wildman–Crippen LogP) is 6.67. The summed E-state index contributed by atoms with van der Waals surface area (Å²) in [4.78, 5) is 4.42. The van der Waals surface area contributed by atoms with Gasteiger partial charge in [-0.05, 0) is 29.5 Å². The Labute approximate surface area is 289 Å². The average Bonchev–Trinajstić information content (AvgIpc) is 3.71. The summed E-state index contributed by atoms with van der Waals surface area (Å²) in [6.07, 6.45) is 9.63. The van der Waals surface area contributed by atoms with Gasteiger partial charge in [-0.2, -0.15) is 0 Å². The molecular weight excluding hydrogens is 595 g/mol. The molecule has 0 bridgehead atoms. The van der Waals surface area contributed by atoms with E-state index < -0.39 is 9.52 Å². The highest BCUT2D eigenvalue weighted by molar-refractivity contribution is 6.95. The van der Waals surface area contributed by atoms with Gasteiger partial charge >= 0.3 is 0 Å². The molecule has 0 N–H and O–H groups in total. The molecule has 1 heterocycles. The van der Waals surface area contributed by atoms with Crippen LogP contribution >= 0.6 is 0 Å². The Bertz CT molecular complexity index is 1780. The van der Waals surface area contributed by atoms with Crippen LogP contribution in [0.3, 0.4) is 0 Å². The van der Waals surface area contributed by atoms with Crippen molar-refractivity contribution < 1.29 is 0 Å². The van der Waals surface area contributed by atoms with E-state index in [-0.39, 0.29) is 5.16 Å². The van der Waals surface area contributed by atoms with Crippen molar-refractivity contribution in [1.29, 1.82) is 0 Å². The number of benzene rings is 6. The van der Waals surface area contributed by atoms with Crippen LogP contribution in [0.1, 0.15) is 36.5 Å². The molecule has 4 heteroatoms. The second-order valence-electron chi connectivity index (χ2n) is 12.3. The highest BCUT2D eigenvalue weighted by atomic mass is 28.2. The van der Waals surface area contributed by atoms with Crippen LogP contribution < -0.4 is 21.6 Å². The Morgan fingerprint density at radius 1 is 0.583 bits per heavy atom. The monoisotopic (exact) mass is 638 g/mol. The highest BCUT2D eigenvalue weighted by Gasteiger charge is 2.36. The van der Waals surface area contributed by atoms with E-state index in [1.54, 1.807) is 0 Å². The number of hydrogen-bond acceptors (Lipinski definition) is 1. The van der Waals surface area contributed by atoms with Gasteiger partial charge in [0, 0.05) is 12.4 Å². The number of rotatable bonds is 11. The smallest absolute Gasteiger partial charge is 0.241 e. The molecule has 0 saturated carbocycles. The van der Waals surface area contributed by atoms with E-state index >= 15 is 0 Å². The summed E-state index contributed by atoms with van der Waals surface area (Å²) >= 11 is 0. The van der Waals surface area contributed by atoms with E-state index in [0.717, 1.165) is 6.42 Å². The zero-order valence-corrected chi connectivity index (χ0v) is 29.2. The zero-order valence-electron chi connectivity index (χ0n) is 27.8. The molecule has 0 spiro atoms. The second-order valence-corrected chi connectivity index (χ2v) is 14.5. The number of imidazole rings is 1. The summed E-state index contributed by atoms with van der Waals surface area (Å²) in [5.74, 6) is 0. The number of hydrogen-bond donors (Lipinski definition) is 0. The van der Waals surface area contributed by atoms with Gasteiger partial charge in [0.05, 0.1) is 21.0 Å². The topological polar surface area (TPSA) is 17.8 Å². The van der Waals surface area contributed by atoms with E-state index in [2.05, 4.69) is 199 Å². The third-order valence-electron chi connectivity index (χ3n) is 9.12. The fourth-order valence-electron chi connectivity index (χ4n) is 6.76. The Hall–Kier alpha value is -5.19. The van der Waals surface area contributed by atoms with Crippen LogP contribution in [0.25, 0.3) is 0 Å². The maximum absolute atomic E-state index is 4.42. The number of nitrogens with zero attached hydrogens (tertiary/aromatic N) is 2. The number of aryl methyl sites for hydroxylation is 1. The molecule has 6 aromatic carbocycles. The molecule has 1 aromatic heterocycles. The van der Waals surface area contributed by atoms with Gasteiger partial charge in [0.25, 0.3) is 0 Å². The Kier molecular flexibility index (Phi) is 11.3. The van der Waals surface area contributed by atoms with Gasteiger partial charge in [0.2, 0.25) is 6.71 Å². The van der Waals surface area contributed by atoms with E-state index in [9.17, 15) is 0 Å². The molecule has 48 heavy (non-hydrogen) atoms. The molecule has 2 nitrogen and oxygen atoms in total. The number of aromatic nitrogens is 2. The summed E-state index contributed by atoms with van der Waals surface area (Å²) in [6.45, 7) is 2.57. The van der Waals surface area contributed by atoms with Gasteiger partial charge in [0.1, 0.15) is 0 Å². The van der Waals surface area contributed by atoms with Crippen molar-refractivity contribution in [3.05, 3.63) is 211 Å². The summed E-state index contributed by atoms with van der Waals surface area (Å²) < 4.78 is 2.32. The molecule has 0 unspecified atom stereocenters. The van der Waals surface area contributed by atoms with Crippen LogP contribution in [0.15, 0.2) is 195 Å². The number of unbranched alkanes of at least 4 members (excludes halogenated alkanes) is 1. The van der Waals surface area contributed by atoms with Crippen molar-refractivity contribution in [3.63, 3.8) is 0 Å². The molecule has 0 fully saturated rings. The molecule has 0 aliphatic heterocycles. The van der Waals surface area contributed by atoms with Crippen LogP contribution in [0.2, 0.25) is 0 Å². The van der Waals surface area contributed by atoms with Crippen LogP contribution in [0, 0.1) is 0 Å². The van der Waals surface area contributed by atoms with Gasteiger partial charge in [-0.1, -0.05) is 211 Å². The van der Waals surface area contributed by atoms with Crippen molar-refractivity contribution in [2.45, 2.75) is 31.3 Å². The first-order valence-electron chi connectivity index (χ1n) is 17.1. The predicted molar refractivity (Wildman–Crippen MR) is 209 cm³/mol. The van der Waals surface area contributed by atoms with Gasteiger partial charge in [-0.3, -0.25) is 0 Å². The van der Waals surface area contributed by atoms with Crippen molar-refractivity contribution >= 4 is 37.8 Å². The first-order chi connectivity index (χ1) is 23.8. The molecule has 0 aliphatic carbocycles. The molecule has 0 amide bonds. The fourth-order valence-corrected chi connectivity index (χ4v) is 9.22. The third kappa shape index (κ3) is 7.84. The van der Waals surface area contributed by atoms with Crippen molar-refractivity contribution in [3.8, 4) is 0 Å². The van der Waals surface area contributed by atoms with Crippen molar-refractivity contribution in [1.82, 2.24) is 9.55 Å². The molecule has 7 rings (SSSR count). The quantitative estimate of drug-likeness (QED) is 0.145. The van der Waals surface area contributed by atoms with Crippen molar-refractivity contribution in [2.75, 3.05) is 0 Å². The standard InChI is InChI=1S/C26H28N2Si.C18H15B/c1-2-3-11-22-12-10-17-25(20-22)29-26(28-19-18-27-21-28,23-13-6-4-7-14-23)24-15-8-5-9-16-24;1-4-10-16(11-5-1)19(17-12-6-2-7-13-17)18-14-8-3-9-15-18/h4-10,12-21H,2-3,11,29H2,1H3;1-15H. The third-order valence-corrected chi connectivity index (χ3v) is 11.7. The van der Waals surface area contributed by atoms with Crippen LogP contribution in [-0.4, -0.2) is 25.8 Å². The minimum Gasteiger partial charge on any atom is -0.326 e. The zero-order chi connectivity index (χ0) is 32.9. The summed E-state index contributed by atoms with van der Waals surface area (Å²) in [6, 6.07) is 63.1. The van der Waals surface area contributed by atoms with E-state index in [1.165, 1.54) is 51.1 Å². The summed E-state index contributed by atoms with van der Waals surface area (Å²) in [5, 5.41) is 1.28. The molecule has 0 saturated heterocycles. The lowest BCUT2D eigenvalue weighted by molar-refractivity contribution is 0.596. The lowest BCUT2D eigenvalue weighted by atomic mass is 9.37. The first kappa shape index (κ1) is 32.7. The largest absolute Gasteiger partial charge is 0.326 e. The maximum atomic E-state index is 4.42. The minimum atomic E-state index is -0.791. The first-order valence-corrected chi connectivity index (χ1v) is 18.5. The fraction of sp³-hybridized carbons (Fsp3) is 0.114. The van der Waals surface area contributed by atoms with E-state index in [0.29, 0.717) is 6.71 Å². The minimum absolute atomic E-state index is 0.206. The Morgan fingerprint density at radius 2 is 1.06 bits per heavy atom. The summed E-state index contributed by atoms with van der Waals surface area (Å²) in [7, 11) is -0.791. The second kappa shape index (κ2) is 16.6. The van der Waals surface area contributed by atoms with Crippen LogP contribution in [0.5, 0.6) is 0 Å².